The second-order valence-electron chi connectivity index (χ2n) is 6.08. The quantitative estimate of drug-likeness (QED) is 0.684. The minimum Gasteiger partial charge on any atom is -0.323 e. The van der Waals surface area contributed by atoms with E-state index in [1.165, 1.54) is 4.68 Å². The summed E-state index contributed by atoms with van der Waals surface area (Å²) in [6.45, 7) is 0. The van der Waals surface area contributed by atoms with Gasteiger partial charge in [-0.05, 0) is 12.1 Å². The summed E-state index contributed by atoms with van der Waals surface area (Å²) >= 11 is 12.1. The van der Waals surface area contributed by atoms with Crippen LogP contribution in [-0.4, -0.2) is 21.6 Å². The number of carbonyl (C=O) groups is 2. The summed E-state index contributed by atoms with van der Waals surface area (Å²) in [5.74, 6) is -0.167. The molecule has 2 aromatic carbocycles. The van der Waals surface area contributed by atoms with Crippen molar-refractivity contribution in [2.24, 2.45) is 0 Å². The average Bonchev–Trinajstić information content (AvgIpc) is 3.09. The first-order valence-electron chi connectivity index (χ1n) is 8.22. The molecule has 0 saturated heterocycles. The number of fused-ring (bicyclic) bond motifs is 1. The van der Waals surface area contributed by atoms with Crippen molar-refractivity contribution in [1.82, 2.24) is 9.78 Å². The van der Waals surface area contributed by atoms with Gasteiger partial charge in [0, 0.05) is 11.6 Å². The molecule has 1 aliphatic heterocycles. The number of carbonyl (C=O) groups excluding carboxylic acids is 2. The molecule has 0 aliphatic carbocycles. The second kappa shape index (κ2) is 7.06. The lowest BCUT2D eigenvalue weighted by Crippen LogP contribution is -2.35. The Hall–Kier alpha value is -2.83. The Morgan fingerprint density at radius 1 is 1.15 bits per heavy atom. The van der Waals surface area contributed by atoms with Gasteiger partial charge in [0.1, 0.15) is 11.9 Å². The zero-order valence-corrected chi connectivity index (χ0v) is 15.5. The van der Waals surface area contributed by atoms with Crippen molar-refractivity contribution in [2.45, 2.75) is 12.5 Å². The van der Waals surface area contributed by atoms with Crippen molar-refractivity contribution < 1.29 is 9.59 Å². The highest BCUT2D eigenvalue weighted by Crippen LogP contribution is 2.33. The van der Waals surface area contributed by atoms with Crippen LogP contribution in [0.5, 0.6) is 0 Å². The number of anilines is 2. The van der Waals surface area contributed by atoms with Gasteiger partial charge in [0.05, 0.1) is 27.8 Å². The highest BCUT2D eigenvalue weighted by molar-refractivity contribution is 6.44. The molecule has 136 valence electrons. The molecule has 0 radical (unpaired) electrons. The number of aromatic nitrogens is 2. The van der Waals surface area contributed by atoms with Crippen molar-refractivity contribution in [1.29, 1.82) is 0 Å². The Balaban J connectivity index is 1.66. The molecule has 2 heterocycles. The number of nitrogens with zero attached hydrogens (tertiary/aromatic N) is 2. The number of nitrogens with one attached hydrogen (secondary N) is 2. The molecule has 0 unspecified atom stereocenters. The van der Waals surface area contributed by atoms with Gasteiger partial charge in [-0.15, -0.1) is 0 Å². The SMILES string of the molecule is O=C1C[C@H](C(=O)Nc2cccc(Cl)c2Cl)n2nc(-c3ccccc3)cc2N1. The molecule has 3 aromatic rings. The van der Waals surface area contributed by atoms with Crippen LogP contribution in [-0.2, 0) is 9.59 Å². The minimum absolute atomic E-state index is 0.0209. The van der Waals surface area contributed by atoms with Crippen molar-refractivity contribution in [3.05, 3.63) is 64.6 Å². The van der Waals surface area contributed by atoms with Crippen LogP contribution in [0.4, 0.5) is 11.5 Å². The van der Waals surface area contributed by atoms with E-state index in [2.05, 4.69) is 15.7 Å². The van der Waals surface area contributed by atoms with E-state index in [1.54, 1.807) is 24.3 Å². The van der Waals surface area contributed by atoms with Gasteiger partial charge in [-0.25, -0.2) is 4.68 Å². The molecule has 1 aliphatic rings. The summed E-state index contributed by atoms with van der Waals surface area (Å²) in [5, 5.41) is 10.6. The molecule has 1 aromatic heterocycles. The van der Waals surface area contributed by atoms with E-state index >= 15 is 0 Å². The molecule has 4 rings (SSSR count). The summed E-state index contributed by atoms with van der Waals surface area (Å²) in [4.78, 5) is 24.9. The zero-order chi connectivity index (χ0) is 19.0. The average molecular weight is 401 g/mol. The first-order valence-corrected chi connectivity index (χ1v) is 8.98. The minimum atomic E-state index is -0.790. The van der Waals surface area contributed by atoms with Gasteiger partial charge in [0.25, 0.3) is 0 Å². The Labute approximate surface area is 165 Å². The Morgan fingerprint density at radius 3 is 2.70 bits per heavy atom. The Bertz CT molecular complexity index is 1030. The van der Waals surface area contributed by atoms with Gasteiger partial charge in [0.2, 0.25) is 11.8 Å². The number of rotatable bonds is 3. The molecule has 2 N–H and O–H groups in total. The third-order valence-corrected chi connectivity index (χ3v) is 5.08. The van der Waals surface area contributed by atoms with Crippen molar-refractivity contribution >= 4 is 46.5 Å². The first kappa shape index (κ1) is 17.6. The molecule has 0 spiro atoms. The maximum Gasteiger partial charge on any atom is 0.249 e. The van der Waals surface area contributed by atoms with Gasteiger partial charge in [-0.3, -0.25) is 9.59 Å². The molecular formula is C19H14Cl2N4O2. The number of halogens is 2. The zero-order valence-electron chi connectivity index (χ0n) is 13.9. The van der Waals surface area contributed by atoms with Crippen molar-refractivity contribution in [3.8, 4) is 11.3 Å². The summed E-state index contributed by atoms with van der Waals surface area (Å²) in [5.41, 5.74) is 1.95. The fraction of sp³-hybridized carbons (Fsp3) is 0.105. The molecule has 27 heavy (non-hydrogen) atoms. The molecular weight excluding hydrogens is 387 g/mol. The van der Waals surface area contributed by atoms with Crippen LogP contribution in [0.15, 0.2) is 54.6 Å². The number of amides is 2. The Kier molecular flexibility index (Phi) is 4.59. The van der Waals surface area contributed by atoms with Crippen LogP contribution >= 0.6 is 23.2 Å². The number of benzene rings is 2. The summed E-state index contributed by atoms with van der Waals surface area (Å²) < 4.78 is 1.53. The topological polar surface area (TPSA) is 76.0 Å². The second-order valence-corrected chi connectivity index (χ2v) is 6.87. The van der Waals surface area contributed by atoms with Gasteiger partial charge in [0.15, 0.2) is 0 Å². The van der Waals surface area contributed by atoms with E-state index in [4.69, 9.17) is 23.2 Å². The summed E-state index contributed by atoms with van der Waals surface area (Å²) in [7, 11) is 0. The van der Waals surface area contributed by atoms with Gasteiger partial charge in [-0.2, -0.15) is 5.10 Å². The van der Waals surface area contributed by atoms with E-state index in [9.17, 15) is 9.59 Å². The van der Waals surface area contributed by atoms with E-state index in [1.807, 2.05) is 30.3 Å². The van der Waals surface area contributed by atoms with E-state index in [0.29, 0.717) is 22.2 Å². The summed E-state index contributed by atoms with van der Waals surface area (Å²) in [6, 6.07) is 15.5. The van der Waals surface area contributed by atoms with Crippen LogP contribution in [0, 0.1) is 0 Å². The fourth-order valence-corrected chi connectivity index (χ4v) is 3.30. The van der Waals surface area contributed by atoms with Crippen molar-refractivity contribution in [2.75, 3.05) is 10.6 Å². The monoisotopic (exact) mass is 400 g/mol. The molecule has 6 nitrogen and oxygen atoms in total. The molecule has 2 amide bonds. The van der Waals surface area contributed by atoms with Crippen LogP contribution in [0.1, 0.15) is 12.5 Å². The van der Waals surface area contributed by atoms with Crippen LogP contribution in [0.3, 0.4) is 0 Å². The number of hydrogen-bond donors (Lipinski definition) is 2. The van der Waals surface area contributed by atoms with Crippen LogP contribution < -0.4 is 10.6 Å². The third kappa shape index (κ3) is 3.41. The predicted octanol–water partition coefficient (Wildman–Crippen LogP) is 4.38. The van der Waals surface area contributed by atoms with E-state index in [0.717, 1.165) is 5.56 Å². The highest BCUT2D eigenvalue weighted by Gasteiger charge is 2.32. The lowest BCUT2D eigenvalue weighted by molar-refractivity contribution is -0.125. The van der Waals surface area contributed by atoms with E-state index < -0.39 is 11.9 Å². The maximum atomic E-state index is 12.8. The van der Waals surface area contributed by atoms with Crippen LogP contribution in [0.2, 0.25) is 10.0 Å². The Morgan fingerprint density at radius 2 is 1.93 bits per heavy atom. The normalized spacial score (nSPS) is 15.8. The van der Waals surface area contributed by atoms with Gasteiger partial charge < -0.3 is 10.6 Å². The van der Waals surface area contributed by atoms with E-state index in [-0.39, 0.29) is 17.4 Å². The molecule has 0 saturated carbocycles. The molecule has 0 bridgehead atoms. The molecule has 8 heteroatoms. The third-order valence-electron chi connectivity index (χ3n) is 4.26. The first-order chi connectivity index (χ1) is 13.0. The summed E-state index contributed by atoms with van der Waals surface area (Å²) in [6.07, 6.45) is -0.0209. The van der Waals surface area contributed by atoms with Gasteiger partial charge in [-0.1, -0.05) is 59.6 Å². The lowest BCUT2D eigenvalue weighted by atomic mass is 10.1. The number of hydrogen-bond acceptors (Lipinski definition) is 3. The molecule has 1 atom stereocenters. The van der Waals surface area contributed by atoms with Crippen molar-refractivity contribution in [3.63, 3.8) is 0 Å². The fourth-order valence-electron chi connectivity index (χ4n) is 2.95. The van der Waals surface area contributed by atoms with Crippen LogP contribution in [0.25, 0.3) is 11.3 Å². The molecule has 0 fully saturated rings. The van der Waals surface area contributed by atoms with Gasteiger partial charge >= 0.3 is 0 Å². The lowest BCUT2D eigenvalue weighted by Gasteiger charge is -2.23. The highest BCUT2D eigenvalue weighted by atomic mass is 35.5. The smallest absolute Gasteiger partial charge is 0.249 e. The maximum absolute atomic E-state index is 12.8. The largest absolute Gasteiger partial charge is 0.323 e. The predicted molar refractivity (Wildman–Crippen MR) is 105 cm³/mol. The standard InChI is InChI=1S/C19H14Cl2N4O2/c20-12-7-4-8-13(18(12)21)22-19(27)15-10-17(26)23-16-9-14(24-25(15)16)11-5-2-1-3-6-11/h1-9,15H,10H2,(H,22,27)(H,23,26)/t15-/m1/s1.